The lowest BCUT2D eigenvalue weighted by atomic mass is 10.2. The smallest absolute Gasteiger partial charge is 0.257 e. The van der Waals surface area contributed by atoms with Crippen molar-refractivity contribution in [2.75, 3.05) is 64.5 Å². The van der Waals surface area contributed by atoms with E-state index in [0.29, 0.717) is 56.5 Å². The number of furan rings is 1. The van der Waals surface area contributed by atoms with E-state index in [1.54, 1.807) is 25.0 Å². The molecule has 8 nitrogen and oxygen atoms in total. The molecule has 1 aromatic heterocycles. The third-order valence-electron chi connectivity index (χ3n) is 5.86. The highest BCUT2D eigenvalue weighted by Gasteiger charge is 2.25. The number of rotatable bonds is 10. The fourth-order valence-electron chi connectivity index (χ4n) is 4.11. The van der Waals surface area contributed by atoms with Crippen LogP contribution in [0.1, 0.15) is 35.2 Å². The molecule has 1 fully saturated rings. The Labute approximate surface area is 196 Å². The number of nitrogens with zero attached hydrogens (tertiary/aromatic N) is 3. The van der Waals surface area contributed by atoms with Gasteiger partial charge in [0.2, 0.25) is 5.91 Å². The molecule has 1 aliphatic heterocycles. The Bertz CT molecular complexity index is 934. The van der Waals surface area contributed by atoms with Crippen molar-refractivity contribution in [2.45, 2.75) is 27.2 Å². The van der Waals surface area contributed by atoms with Crippen LogP contribution in [0.3, 0.4) is 0 Å². The van der Waals surface area contributed by atoms with Crippen molar-refractivity contribution in [2.24, 2.45) is 0 Å². The number of benzene rings is 1. The van der Waals surface area contributed by atoms with E-state index in [9.17, 15) is 9.59 Å². The lowest BCUT2D eigenvalue weighted by molar-refractivity contribution is -0.131. The molecule has 0 bridgehead atoms. The van der Waals surface area contributed by atoms with Gasteiger partial charge < -0.3 is 28.6 Å². The quantitative estimate of drug-likeness (QED) is 0.546. The SMILES string of the molecule is CCOc1ccccc1N1CCN(C(=O)CCN(CCOC)C(=O)c2cc(C)oc2C)CC1. The highest BCUT2D eigenvalue weighted by molar-refractivity contribution is 5.95. The van der Waals surface area contributed by atoms with Crippen molar-refractivity contribution in [3.63, 3.8) is 0 Å². The van der Waals surface area contributed by atoms with E-state index in [1.807, 2.05) is 36.9 Å². The van der Waals surface area contributed by atoms with E-state index in [0.717, 1.165) is 24.5 Å². The topological polar surface area (TPSA) is 75.5 Å². The number of amides is 2. The molecule has 0 N–H and O–H groups in total. The zero-order valence-corrected chi connectivity index (χ0v) is 20.1. The number of aryl methyl sites for hydroxylation is 2. The summed E-state index contributed by atoms with van der Waals surface area (Å²) in [5, 5.41) is 0. The summed E-state index contributed by atoms with van der Waals surface area (Å²) < 4.78 is 16.4. The van der Waals surface area contributed by atoms with Crippen LogP contribution in [0.2, 0.25) is 0 Å². The molecular weight excluding hydrogens is 422 g/mol. The fraction of sp³-hybridized carbons (Fsp3) is 0.520. The molecule has 8 heteroatoms. The van der Waals surface area contributed by atoms with Crippen molar-refractivity contribution in [3.8, 4) is 5.75 Å². The first-order valence-electron chi connectivity index (χ1n) is 11.5. The Balaban J connectivity index is 1.56. The van der Waals surface area contributed by atoms with Crippen molar-refractivity contribution in [3.05, 3.63) is 47.4 Å². The van der Waals surface area contributed by atoms with E-state index >= 15 is 0 Å². The second-order valence-corrected chi connectivity index (χ2v) is 8.13. The number of hydrogen-bond donors (Lipinski definition) is 0. The summed E-state index contributed by atoms with van der Waals surface area (Å²) in [7, 11) is 1.60. The van der Waals surface area contributed by atoms with Crippen LogP contribution in [0, 0.1) is 13.8 Å². The Morgan fingerprint density at radius 3 is 2.45 bits per heavy atom. The Kier molecular flexibility index (Phi) is 8.77. The van der Waals surface area contributed by atoms with Gasteiger partial charge in [-0.3, -0.25) is 9.59 Å². The fourth-order valence-corrected chi connectivity index (χ4v) is 4.11. The zero-order chi connectivity index (χ0) is 23.8. The summed E-state index contributed by atoms with van der Waals surface area (Å²) in [5.74, 6) is 2.09. The minimum Gasteiger partial charge on any atom is -0.492 e. The highest BCUT2D eigenvalue weighted by Crippen LogP contribution is 2.29. The van der Waals surface area contributed by atoms with E-state index in [1.165, 1.54) is 0 Å². The molecule has 0 atom stereocenters. The number of para-hydroxylation sites is 2. The lowest BCUT2D eigenvalue weighted by Gasteiger charge is -2.37. The molecule has 0 unspecified atom stereocenters. The summed E-state index contributed by atoms with van der Waals surface area (Å²) >= 11 is 0. The van der Waals surface area contributed by atoms with Gasteiger partial charge in [0.05, 0.1) is 24.5 Å². The summed E-state index contributed by atoms with van der Waals surface area (Å²) in [6, 6.07) is 9.76. The number of hydrogen-bond acceptors (Lipinski definition) is 6. The van der Waals surface area contributed by atoms with Crippen LogP contribution in [0.25, 0.3) is 0 Å². The van der Waals surface area contributed by atoms with Crippen LogP contribution in [-0.4, -0.2) is 81.2 Å². The normalized spacial score (nSPS) is 13.8. The predicted octanol–water partition coefficient (Wildman–Crippen LogP) is 3.12. The number of ether oxygens (including phenoxy) is 2. The van der Waals surface area contributed by atoms with Gasteiger partial charge in [-0.25, -0.2) is 0 Å². The maximum atomic E-state index is 13.0. The third-order valence-corrected chi connectivity index (χ3v) is 5.86. The van der Waals surface area contributed by atoms with Gasteiger partial charge in [0.25, 0.3) is 5.91 Å². The molecular formula is C25H35N3O5. The largest absolute Gasteiger partial charge is 0.492 e. The van der Waals surface area contributed by atoms with Gasteiger partial charge in [0, 0.05) is 52.8 Å². The van der Waals surface area contributed by atoms with Crippen molar-refractivity contribution >= 4 is 17.5 Å². The molecule has 33 heavy (non-hydrogen) atoms. The number of carbonyl (C=O) groups excluding carboxylic acids is 2. The van der Waals surface area contributed by atoms with E-state index in [2.05, 4.69) is 11.0 Å². The van der Waals surface area contributed by atoms with E-state index in [4.69, 9.17) is 13.9 Å². The Morgan fingerprint density at radius 2 is 1.82 bits per heavy atom. The van der Waals surface area contributed by atoms with Crippen molar-refractivity contribution < 1.29 is 23.5 Å². The maximum Gasteiger partial charge on any atom is 0.257 e. The van der Waals surface area contributed by atoms with Crippen LogP contribution in [0.5, 0.6) is 5.75 Å². The minimum absolute atomic E-state index is 0.0584. The summed E-state index contributed by atoms with van der Waals surface area (Å²) in [5.41, 5.74) is 1.60. The summed E-state index contributed by atoms with van der Waals surface area (Å²) in [4.78, 5) is 31.8. The third kappa shape index (κ3) is 6.28. The molecule has 0 saturated carbocycles. The van der Waals surface area contributed by atoms with Gasteiger partial charge in [-0.2, -0.15) is 0 Å². The summed E-state index contributed by atoms with van der Waals surface area (Å²) in [6.07, 6.45) is 0.279. The van der Waals surface area contributed by atoms with Gasteiger partial charge in [-0.1, -0.05) is 12.1 Å². The maximum absolute atomic E-state index is 13.0. The van der Waals surface area contributed by atoms with Gasteiger partial charge in [0.1, 0.15) is 17.3 Å². The molecule has 3 rings (SSSR count). The second kappa shape index (κ2) is 11.7. The molecule has 1 aromatic carbocycles. The van der Waals surface area contributed by atoms with E-state index in [-0.39, 0.29) is 18.2 Å². The molecule has 2 heterocycles. The molecule has 2 aromatic rings. The molecule has 0 spiro atoms. The first-order chi connectivity index (χ1) is 15.9. The van der Waals surface area contributed by atoms with Gasteiger partial charge in [-0.15, -0.1) is 0 Å². The second-order valence-electron chi connectivity index (χ2n) is 8.13. The van der Waals surface area contributed by atoms with Crippen molar-refractivity contribution in [1.29, 1.82) is 0 Å². The van der Waals surface area contributed by atoms with Crippen LogP contribution >= 0.6 is 0 Å². The van der Waals surface area contributed by atoms with Crippen LogP contribution in [0.15, 0.2) is 34.7 Å². The zero-order valence-electron chi connectivity index (χ0n) is 20.1. The van der Waals surface area contributed by atoms with Crippen LogP contribution in [-0.2, 0) is 9.53 Å². The number of piperazine rings is 1. The average molecular weight is 458 g/mol. The van der Waals surface area contributed by atoms with Gasteiger partial charge >= 0.3 is 0 Å². The average Bonchev–Trinajstić information content (AvgIpc) is 3.17. The van der Waals surface area contributed by atoms with Gasteiger partial charge in [-0.05, 0) is 39.0 Å². The molecule has 2 amide bonds. The summed E-state index contributed by atoms with van der Waals surface area (Å²) in [6.45, 7) is 10.2. The minimum atomic E-state index is -0.133. The number of methoxy groups -OCH3 is 1. The number of carbonyl (C=O) groups is 2. The molecule has 1 aliphatic rings. The van der Waals surface area contributed by atoms with Crippen molar-refractivity contribution in [1.82, 2.24) is 9.80 Å². The highest BCUT2D eigenvalue weighted by atomic mass is 16.5. The molecule has 0 radical (unpaired) electrons. The molecule has 0 aliphatic carbocycles. The molecule has 180 valence electrons. The van der Waals surface area contributed by atoms with Crippen LogP contribution in [0.4, 0.5) is 5.69 Å². The molecule has 1 saturated heterocycles. The Morgan fingerprint density at radius 1 is 1.09 bits per heavy atom. The first kappa shape index (κ1) is 24.6. The monoisotopic (exact) mass is 457 g/mol. The Hall–Kier alpha value is -3.00. The first-order valence-corrected chi connectivity index (χ1v) is 11.5. The van der Waals surface area contributed by atoms with Crippen LogP contribution < -0.4 is 9.64 Å². The lowest BCUT2D eigenvalue weighted by Crippen LogP contribution is -2.49. The van der Waals surface area contributed by atoms with E-state index < -0.39 is 0 Å². The predicted molar refractivity (Wildman–Crippen MR) is 127 cm³/mol. The number of anilines is 1. The van der Waals surface area contributed by atoms with Gasteiger partial charge in [0.15, 0.2) is 0 Å². The standard InChI is InChI=1S/C25H35N3O5/c1-5-32-23-9-7-6-8-22(23)26-12-14-27(15-13-26)24(29)10-11-28(16-17-31-4)25(30)21-18-19(2)33-20(21)3/h6-9,18H,5,10-17H2,1-4H3.